The average molecular weight is 359 g/mol. The second-order valence-electron chi connectivity index (χ2n) is 6.71. The van der Waals surface area contributed by atoms with E-state index in [2.05, 4.69) is 29.3 Å². The summed E-state index contributed by atoms with van der Waals surface area (Å²) in [4.78, 5) is 40.3. The maximum Gasteiger partial charge on any atom is 0.288 e. The molecule has 1 N–H and O–H groups in total. The molecule has 0 radical (unpaired) electrons. The first kappa shape index (κ1) is 19.9. The van der Waals surface area contributed by atoms with Crippen LogP contribution >= 0.6 is 0 Å². The largest absolute Gasteiger partial charge is 0.368 e. The molecule has 2 rings (SSSR count). The van der Waals surface area contributed by atoms with Crippen LogP contribution in [0.5, 0.6) is 0 Å². The van der Waals surface area contributed by atoms with Crippen molar-refractivity contribution in [3.05, 3.63) is 29.8 Å². The van der Waals surface area contributed by atoms with Gasteiger partial charge in [-0.15, -0.1) is 0 Å². The van der Waals surface area contributed by atoms with Crippen molar-refractivity contribution in [3.63, 3.8) is 0 Å². The number of carbonyl (C=O) groups is 3. The maximum absolute atomic E-state index is 12.3. The van der Waals surface area contributed by atoms with Crippen LogP contribution in [-0.2, 0) is 14.4 Å². The van der Waals surface area contributed by atoms with E-state index in [0.717, 1.165) is 13.1 Å². The zero-order valence-electron chi connectivity index (χ0n) is 16.0. The van der Waals surface area contributed by atoms with Gasteiger partial charge in [-0.05, 0) is 31.4 Å². The van der Waals surface area contributed by atoms with E-state index < -0.39 is 11.7 Å². The molecule has 1 aliphatic heterocycles. The van der Waals surface area contributed by atoms with E-state index in [4.69, 9.17) is 0 Å². The molecule has 0 bridgehead atoms. The number of rotatable bonds is 7. The second kappa shape index (κ2) is 9.36. The summed E-state index contributed by atoms with van der Waals surface area (Å²) in [6.45, 7) is 8.49. The van der Waals surface area contributed by atoms with Crippen LogP contribution in [0.25, 0.3) is 0 Å². The summed E-state index contributed by atoms with van der Waals surface area (Å²) < 4.78 is 0. The SMILES string of the molecule is CCC(CC)C(=O)C(=O)NCC(=O)N1CCN(c2ccccc2C)CC1. The van der Waals surface area contributed by atoms with Crippen LogP contribution in [0.3, 0.4) is 0 Å². The smallest absolute Gasteiger partial charge is 0.288 e. The van der Waals surface area contributed by atoms with Crippen molar-refractivity contribution in [1.82, 2.24) is 10.2 Å². The minimum atomic E-state index is -0.648. The lowest BCUT2D eigenvalue weighted by Gasteiger charge is -2.36. The Kier molecular flexibility index (Phi) is 7.18. The van der Waals surface area contributed by atoms with E-state index in [1.165, 1.54) is 11.3 Å². The molecule has 142 valence electrons. The molecule has 26 heavy (non-hydrogen) atoms. The van der Waals surface area contributed by atoms with Gasteiger partial charge in [0.2, 0.25) is 11.7 Å². The van der Waals surface area contributed by atoms with Crippen molar-refractivity contribution < 1.29 is 14.4 Å². The van der Waals surface area contributed by atoms with E-state index in [9.17, 15) is 14.4 Å². The fourth-order valence-electron chi connectivity index (χ4n) is 3.31. The first-order valence-electron chi connectivity index (χ1n) is 9.38. The van der Waals surface area contributed by atoms with Crippen LogP contribution < -0.4 is 10.2 Å². The zero-order valence-corrected chi connectivity index (χ0v) is 16.0. The predicted molar refractivity (Wildman–Crippen MR) is 102 cm³/mol. The summed E-state index contributed by atoms with van der Waals surface area (Å²) in [6, 6.07) is 8.21. The van der Waals surface area contributed by atoms with Crippen molar-refractivity contribution in [2.75, 3.05) is 37.6 Å². The summed E-state index contributed by atoms with van der Waals surface area (Å²) in [5, 5.41) is 2.49. The predicted octanol–water partition coefficient (Wildman–Crippen LogP) is 1.77. The Balaban J connectivity index is 1.81. The molecule has 0 saturated carbocycles. The monoisotopic (exact) mass is 359 g/mol. The molecule has 1 aromatic rings. The van der Waals surface area contributed by atoms with Gasteiger partial charge in [0.25, 0.3) is 5.91 Å². The molecule has 0 atom stereocenters. The van der Waals surface area contributed by atoms with Crippen molar-refractivity contribution in [3.8, 4) is 0 Å². The Morgan fingerprint density at radius 3 is 2.23 bits per heavy atom. The highest BCUT2D eigenvalue weighted by Gasteiger charge is 2.25. The van der Waals surface area contributed by atoms with E-state index in [1.54, 1.807) is 4.90 Å². The number of amides is 2. The summed E-state index contributed by atoms with van der Waals surface area (Å²) >= 11 is 0. The van der Waals surface area contributed by atoms with Crippen molar-refractivity contribution in [2.24, 2.45) is 5.92 Å². The number of carbonyl (C=O) groups excluding carboxylic acids is 3. The topological polar surface area (TPSA) is 69.7 Å². The lowest BCUT2D eigenvalue weighted by atomic mass is 9.98. The highest BCUT2D eigenvalue weighted by molar-refractivity contribution is 6.37. The first-order chi connectivity index (χ1) is 12.5. The van der Waals surface area contributed by atoms with Crippen LogP contribution in [0, 0.1) is 12.8 Å². The van der Waals surface area contributed by atoms with Gasteiger partial charge in [0.15, 0.2) is 0 Å². The van der Waals surface area contributed by atoms with Gasteiger partial charge < -0.3 is 15.1 Å². The Hall–Kier alpha value is -2.37. The van der Waals surface area contributed by atoms with E-state index in [-0.39, 0.29) is 18.4 Å². The fraction of sp³-hybridized carbons (Fsp3) is 0.550. The number of hydrogen-bond acceptors (Lipinski definition) is 4. The summed E-state index contributed by atoms with van der Waals surface area (Å²) in [7, 11) is 0. The Morgan fingerprint density at radius 2 is 1.65 bits per heavy atom. The molecule has 6 nitrogen and oxygen atoms in total. The second-order valence-corrected chi connectivity index (χ2v) is 6.71. The molecule has 1 aromatic carbocycles. The van der Waals surface area contributed by atoms with Gasteiger partial charge in [-0.1, -0.05) is 32.0 Å². The van der Waals surface area contributed by atoms with Gasteiger partial charge in [0.1, 0.15) is 0 Å². The van der Waals surface area contributed by atoms with Crippen LogP contribution in [0.1, 0.15) is 32.3 Å². The first-order valence-corrected chi connectivity index (χ1v) is 9.38. The number of nitrogens with one attached hydrogen (secondary N) is 1. The molecule has 2 amide bonds. The standard InChI is InChI=1S/C20H29N3O3/c1-4-16(5-2)19(25)20(26)21-14-18(24)23-12-10-22(11-13-23)17-9-7-6-8-15(17)3/h6-9,16H,4-5,10-14H2,1-3H3,(H,21,26). The maximum atomic E-state index is 12.3. The summed E-state index contributed by atoms with van der Waals surface area (Å²) in [5.74, 6) is -1.47. The number of anilines is 1. The molecule has 1 fully saturated rings. The van der Waals surface area contributed by atoms with Crippen LogP contribution in [0.4, 0.5) is 5.69 Å². The number of Topliss-reactive ketones (excluding diaryl/α,β-unsaturated/α-hetero) is 1. The number of hydrogen-bond donors (Lipinski definition) is 1. The average Bonchev–Trinajstić information content (AvgIpc) is 2.67. The van der Waals surface area contributed by atoms with Gasteiger partial charge in [0, 0.05) is 37.8 Å². The van der Waals surface area contributed by atoms with Crippen LogP contribution in [0.2, 0.25) is 0 Å². The van der Waals surface area contributed by atoms with Crippen LogP contribution in [0.15, 0.2) is 24.3 Å². The lowest BCUT2D eigenvalue weighted by molar-refractivity contribution is -0.141. The molecule has 1 aliphatic rings. The van der Waals surface area contributed by atoms with Gasteiger partial charge in [-0.25, -0.2) is 0 Å². The van der Waals surface area contributed by atoms with Gasteiger partial charge in [-0.2, -0.15) is 0 Å². The Bertz CT molecular complexity index is 647. The van der Waals surface area contributed by atoms with Gasteiger partial charge in [-0.3, -0.25) is 14.4 Å². The van der Waals surface area contributed by atoms with E-state index in [1.807, 2.05) is 26.0 Å². The third-order valence-corrected chi connectivity index (χ3v) is 5.07. The quantitative estimate of drug-likeness (QED) is 0.753. The third-order valence-electron chi connectivity index (χ3n) is 5.07. The highest BCUT2D eigenvalue weighted by atomic mass is 16.2. The van der Waals surface area contributed by atoms with Crippen LogP contribution in [-0.4, -0.2) is 55.2 Å². The van der Waals surface area contributed by atoms with Crippen molar-refractivity contribution in [2.45, 2.75) is 33.6 Å². The van der Waals surface area contributed by atoms with Gasteiger partial charge >= 0.3 is 0 Å². The molecule has 0 aliphatic carbocycles. The van der Waals surface area contributed by atoms with E-state index >= 15 is 0 Å². The number of ketones is 1. The fourth-order valence-corrected chi connectivity index (χ4v) is 3.31. The number of para-hydroxylation sites is 1. The number of nitrogens with zero attached hydrogens (tertiary/aromatic N) is 2. The summed E-state index contributed by atoms with van der Waals surface area (Å²) in [6.07, 6.45) is 1.27. The number of piperazine rings is 1. The number of aryl methyl sites for hydroxylation is 1. The normalized spacial score (nSPS) is 14.5. The molecular weight excluding hydrogens is 330 g/mol. The Labute approximate surface area is 155 Å². The van der Waals surface area contributed by atoms with Crippen molar-refractivity contribution in [1.29, 1.82) is 0 Å². The number of benzene rings is 1. The minimum Gasteiger partial charge on any atom is -0.368 e. The minimum absolute atomic E-state index is 0.116. The molecule has 0 aromatic heterocycles. The molecule has 6 heteroatoms. The molecule has 0 spiro atoms. The molecular formula is C20H29N3O3. The van der Waals surface area contributed by atoms with Gasteiger partial charge in [0.05, 0.1) is 6.54 Å². The molecule has 1 heterocycles. The highest BCUT2D eigenvalue weighted by Crippen LogP contribution is 2.20. The molecule has 1 saturated heterocycles. The molecule has 0 unspecified atom stereocenters. The zero-order chi connectivity index (χ0) is 19.1. The van der Waals surface area contributed by atoms with E-state index in [0.29, 0.717) is 25.9 Å². The lowest BCUT2D eigenvalue weighted by Crippen LogP contribution is -2.52. The van der Waals surface area contributed by atoms with Crippen molar-refractivity contribution >= 4 is 23.3 Å². The Morgan fingerprint density at radius 1 is 1.04 bits per heavy atom. The third kappa shape index (κ3) is 4.84. The summed E-state index contributed by atoms with van der Waals surface area (Å²) in [5.41, 5.74) is 2.42.